The van der Waals surface area contributed by atoms with Crippen molar-refractivity contribution in [2.24, 2.45) is 0 Å². The van der Waals surface area contributed by atoms with Crippen LogP contribution in [0.3, 0.4) is 0 Å². The smallest absolute Gasteiger partial charge is 0.253 e. The molecule has 0 spiro atoms. The van der Waals surface area contributed by atoms with Gasteiger partial charge in [-0.05, 0) is 42.1 Å². The molecule has 0 saturated carbocycles. The lowest BCUT2D eigenvalue weighted by molar-refractivity contribution is -0.114. The summed E-state index contributed by atoms with van der Waals surface area (Å²) in [5, 5.41) is 6.98. The number of fused-ring (bicyclic) bond motifs is 1. The molecule has 0 atom stereocenters. The topological polar surface area (TPSA) is 74.0 Å². The molecule has 122 valence electrons. The normalized spacial score (nSPS) is 10.6. The fraction of sp³-hybridized carbons (Fsp3) is 0.158. The summed E-state index contributed by atoms with van der Waals surface area (Å²) in [5.41, 5.74) is 3.94. The zero-order valence-corrected chi connectivity index (χ0v) is 13.6. The van der Waals surface area contributed by atoms with Crippen molar-refractivity contribution in [1.29, 1.82) is 0 Å². The van der Waals surface area contributed by atoms with Gasteiger partial charge in [0.15, 0.2) is 0 Å². The standard InChI is InChI=1S/C19H19N3O2/c1-12-7-8-14-10-15(19(24)22-18(14)9-12)11-20-16-5-3-4-6-17(16)21-13(2)23/h3-10,20H,11H2,1-2H3,(H,21,23)(H,22,24). The summed E-state index contributed by atoms with van der Waals surface area (Å²) < 4.78 is 0. The average Bonchev–Trinajstić information content (AvgIpc) is 2.53. The second-order valence-electron chi connectivity index (χ2n) is 5.79. The second kappa shape index (κ2) is 6.58. The number of amides is 1. The number of carbonyl (C=O) groups excluding carboxylic acids is 1. The van der Waals surface area contributed by atoms with Crippen LogP contribution in [0.15, 0.2) is 53.3 Å². The van der Waals surface area contributed by atoms with Crippen LogP contribution in [-0.2, 0) is 11.3 Å². The molecule has 0 bridgehead atoms. The number of aryl methyl sites for hydroxylation is 1. The first-order chi connectivity index (χ1) is 11.5. The van der Waals surface area contributed by atoms with Gasteiger partial charge in [-0.25, -0.2) is 0 Å². The van der Waals surface area contributed by atoms with Gasteiger partial charge in [-0.3, -0.25) is 9.59 Å². The Balaban J connectivity index is 1.86. The highest BCUT2D eigenvalue weighted by Gasteiger charge is 2.06. The molecule has 0 unspecified atom stereocenters. The fourth-order valence-corrected chi connectivity index (χ4v) is 2.62. The van der Waals surface area contributed by atoms with E-state index in [0.717, 1.165) is 22.2 Å². The molecule has 1 heterocycles. The first kappa shape index (κ1) is 15.8. The number of hydrogen-bond acceptors (Lipinski definition) is 3. The summed E-state index contributed by atoms with van der Waals surface area (Å²) in [4.78, 5) is 26.5. The highest BCUT2D eigenvalue weighted by Crippen LogP contribution is 2.21. The predicted octanol–water partition coefficient (Wildman–Crippen LogP) is 3.41. The van der Waals surface area contributed by atoms with Gasteiger partial charge in [-0.1, -0.05) is 24.3 Å². The molecule has 0 aliphatic rings. The maximum Gasteiger partial charge on any atom is 0.253 e. The van der Waals surface area contributed by atoms with Crippen molar-refractivity contribution >= 4 is 28.2 Å². The summed E-state index contributed by atoms with van der Waals surface area (Å²) in [7, 11) is 0. The number of hydrogen-bond donors (Lipinski definition) is 3. The van der Waals surface area contributed by atoms with Gasteiger partial charge in [-0.15, -0.1) is 0 Å². The molecule has 0 fully saturated rings. The van der Waals surface area contributed by atoms with E-state index in [1.165, 1.54) is 6.92 Å². The molecule has 1 amide bonds. The number of nitrogens with one attached hydrogen (secondary N) is 3. The van der Waals surface area contributed by atoms with Crippen molar-refractivity contribution in [3.8, 4) is 0 Å². The molecule has 5 heteroatoms. The SMILES string of the molecule is CC(=O)Nc1ccccc1NCc1cc2ccc(C)cc2[nH]c1=O. The minimum absolute atomic E-state index is 0.113. The number of H-pyrrole nitrogens is 1. The maximum absolute atomic E-state index is 12.3. The van der Waals surface area contributed by atoms with Crippen LogP contribution in [0.2, 0.25) is 0 Å². The van der Waals surface area contributed by atoms with Crippen molar-refractivity contribution < 1.29 is 4.79 Å². The van der Waals surface area contributed by atoms with Crippen LogP contribution in [0.5, 0.6) is 0 Å². The van der Waals surface area contributed by atoms with Gasteiger partial charge >= 0.3 is 0 Å². The number of para-hydroxylation sites is 2. The molecule has 0 saturated heterocycles. The van der Waals surface area contributed by atoms with Gasteiger partial charge in [-0.2, -0.15) is 0 Å². The zero-order chi connectivity index (χ0) is 17.1. The Morgan fingerprint density at radius 2 is 1.83 bits per heavy atom. The van der Waals surface area contributed by atoms with Crippen LogP contribution in [0, 0.1) is 6.92 Å². The Hall–Kier alpha value is -3.08. The number of carbonyl (C=O) groups is 1. The predicted molar refractivity (Wildman–Crippen MR) is 97.4 cm³/mol. The monoisotopic (exact) mass is 321 g/mol. The summed E-state index contributed by atoms with van der Waals surface area (Å²) in [5.74, 6) is -0.136. The van der Waals surface area contributed by atoms with E-state index in [2.05, 4.69) is 15.6 Å². The zero-order valence-electron chi connectivity index (χ0n) is 13.6. The Morgan fingerprint density at radius 1 is 1.08 bits per heavy atom. The molecule has 0 aliphatic heterocycles. The van der Waals surface area contributed by atoms with E-state index >= 15 is 0 Å². The fourth-order valence-electron chi connectivity index (χ4n) is 2.62. The van der Waals surface area contributed by atoms with Crippen LogP contribution in [0.1, 0.15) is 18.1 Å². The third kappa shape index (κ3) is 3.46. The first-order valence-corrected chi connectivity index (χ1v) is 7.76. The quantitative estimate of drug-likeness (QED) is 0.689. The molecule has 24 heavy (non-hydrogen) atoms. The van der Waals surface area contributed by atoms with Crippen LogP contribution >= 0.6 is 0 Å². The number of pyridine rings is 1. The molecular formula is C19H19N3O2. The van der Waals surface area contributed by atoms with Gasteiger partial charge < -0.3 is 15.6 Å². The molecule has 3 rings (SSSR count). The molecular weight excluding hydrogens is 302 g/mol. The van der Waals surface area contributed by atoms with Crippen LogP contribution in [0.25, 0.3) is 10.9 Å². The van der Waals surface area contributed by atoms with Crippen LogP contribution in [0.4, 0.5) is 11.4 Å². The van der Waals surface area contributed by atoms with E-state index < -0.39 is 0 Å². The Kier molecular flexibility index (Phi) is 4.33. The Bertz CT molecular complexity index is 960. The average molecular weight is 321 g/mol. The van der Waals surface area contributed by atoms with Crippen molar-refractivity contribution in [2.75, 3.05) is 10.6 Å². The third-order valence-electron chi connectivity index (χ3n) is 3.79. The lowest BCUT2D eigenvalue weighted by atomic mass is 10.1. The van der Waals surface area contributed by atoms with Crippen molar-refractivity contribution in [3.63, 3.8) is 0 Å². The van der Waals surface area contributed by atoms with E-state index in [-0.39, 0.29) is 11.5 Å². The van der Waals surface area contributed by atoms with E-state index in [1.54, 1.807) is 0 Å². The van der Waals surface area contributed by atoms with E-state index in [0.29, 0.717) is 17.8 Å². The minimum atomic E-state index is -0.136. The lowest BCUT2D eigenvalue weighted by Crippen LogP contribution is -2.16. The first-order valence-electron chi connectivity index (χ1n) is 7.76. The van der Waals surface area contributed by atoms with E-state index in [4.69, 9.17) is 0 Å². The van der Waals surface area contributed by atoms with Crippen molar-refractivity contribution in [3.05, 3.63) is 70.0 Å². The second-order valence-corrected chi connectivity index (χ2v) is 5.79. The largest absolute Gasteiger partial charge is 0.379 e. The number of anilines is 2. The number of aromatic amines is 1. The summed E-state index contributed by atoms with van der Waals surface area (Å²) in [6.45, 7) is 3.83. The van der Waals surface area contributed by atoms with Gasteiger partial charge in [0.2, 0.25) is 5.91 Å². The molecule has 0 radical (unpaired) electrons. The number of rotatable bonds is 4. The van der Waals surface area contributed by atoms with Crippen molar-refractivity contribution in [2.45, 2.75) is 20.4 Å². The van der Waals surface area contributed by atoms with Crippen LogP contribution < -0.4 is 16.2 Å². The highest BCUT2D eigenvalue weighted by atomic mass is 16.1. The molecule has 3 N–H and O–H groups in total. The molecule has 3 aromatic rings. The van der Waals surface area contributed by atoms with E-state index in [1.807, 2.05) is 55.5 Å². The summed E-state index contributed by atoms with van der Waals surface area (Å²) >= 11 is 0. The molecule has 5 nitrogen and oxygen atoms in total. The van der Waals surface area contributed by atoms with Gasteiger partial charge in [0.1, 0.15) is 0 Å². The Labute approximate surface area is 139 Å². The van der Waals surface area contributed by atoms with Gasteiger partial charge in [0, 0.05) is 24.5 Å². The Morgan fingerprint density at radius 3 is 2.58 bits per heavy atom. The van der Waals surface area contributed by atoms with Gasteiger partial charge in [0.25, 0.3) is 5.56 Å². The van der Waals surface area contributed by atoms with Gasteiger partial charge in [0.05, 0.1) is 11.4 Å². The molecule has 1 aromatic heterocycles. The third-order valence-corrected chi connectivity index (χ3v) is 3.79. The lowest BCUT2D eigenvalue weighted by Gasteiger charge is -2.12. The summed E-state index contributed by atoms with van der Waals surface area (Å²) in [6, 6.07) is 15.3. The number of aromatic nitrogens is 1. The molecule has 2 aromatic carbocycles. The maximum atomic E-state index is 12.3. The highest BCUT2D eigenvalue weighted by molar-refractivity contribution is 5.92. The van der Waals surface area contributed by atoms with Crippen LogP contribution in [-0.4, -0.2) is 10.9 Å². The number of benzene rings is 2. The molecule has 0 aliphatic carbocycles. The summed E-state index contributed by atoms with van der Waals surface area (Å²) in [6.07, 6.45) is 0. The van der Waals surface area contributed by atoms with Crippen molar-refractivity contribution in [1.82, 2.24) is 4.98 Å². The minimum Gasteiger partial charge on any atom is -0.379 e. The van der Waals surface area contributed by atoms with E-state index in [9.17, 15) is 9.59 Å².